The number of cyclic esters (lactones) is 1. The van der Waals surface area contributed by atoms with Gasteiger partial charge in [-0.25, -0.2) is 4.79 Å². The third-order valence-electron chi connectivity index (χ3n) is 2.63. The number of hydrogen-bond donors (Lipinski definition) is 0. The van der Waals surface area contributed by atoms with Crippen LogP contribution in [0.5, 0.6) is 0 Å². The standard InChI is InChI=1S/C12H12N2O2/c1-9-4-2-3-5-11(9)14-7-6-10(8-13)16-12(14)15/h2-5,10H,6-7H2,1H3. The first-order chi connectivity index (χ1) is 7.72. The van der Waals surface area contributed by atoms with Crippen LogP contribution in [0, 0.1) is 18.3 Å². The molecule has 1 aromatic rings. The van der Waals surface area contributed by atoms with Gasteiger partial charge >= 0.3 is 6.09 Å². The average Bonchev–Trinajstić information content (AvgIpc) is 2.30. The molecule has 1 aliphatic rings. The summed E-state index contributed by atoms with van der Waals surface area (Å²) in [6, 6.07) is 9.58. The molecule has 16 heavy (non-hydrogen) atoms. The van der Waals surface area contributed by atoms with Gasteiger partial charge in [0, 0.05) is 18.7 Å². The van der Waals surface area contributed by atoms with E-state index in [-0.39, 0.29) is 0 Å². The zero-order chi connectivity index (χ0) is 11.5. The Morgan fingerprint density at radius 3 is 2.88 bits per heavy atom. The van der Waals surface area contributed by atoms with Crippen molar-refractivity contribution in [2.45, 2.75) is 19.4 Å². The molecule has 0 N–H and O–H groups in total. The summed E-state index contributed by atoms with van der Waals surface area (Å²) in [5.41, 5.74) is 1.87. The highest BCUT2D eigenvalue weighted by atomic mass is 16.6. The Bertz CT molecular complexity index is 451. The molecule has 0 aromatic heterocycles. The van der Waals surface area contributed by atoms with Crippen LogP contribution >= 0.6 is 0 Å². The fourth-order valence-corrected chi connectivity index (χ4v) is 1.76. The van der Waals surface area contributed by atoms with Crippen molar-refractivity contribution >= 4 is 11.8 Å². The topological polar surface area (TPSA) is 53.3 Å². The van der Waals surface area contributed by atoms with E-state index in [4.69, 9.17) is 10.00 Å². The number of rotatable bonds is 1. The molecule has 1 unspecified atom stereocenters. The zero-order valence-corrected chi connectivity index (χ0v) is 9.01. The SMILES string of the molecule is Cc1ccccc1N1CCC(C#N)OC1=O. The second-order valence-corrected chi connectivity index (χ2v) is 3.73. The summed E-state index contributed by atoms with van der Waals surface area (Å²) in [4.78, 5) is 13.2. The molecule has 0 aliphatic carbocycles. The summed E-state index contributed by atoms with van der Waals surface area (Å²) in [6.45, 7) is 2.47. The Labute approximate surface area is 94.0 Å². The van der Waals surface area contributed by atoms with Crippen LogP contribution in [0.1, 0.15) is 12.0 Å². The number of nitrogens with zero attached hydrogens (tertiary/aromatic N) is 2. The van der Waals surface area contributed by atoms with Crippen LogP contribution in [0.3, 0.4) is 0 Å². The number of para-hydroxylation sites is 1. The van der Waals surface area contributed by atoms with Crippen molar-refractivity contribution in [3.8, 4) is 6.07 Å². The highest BCUT2D eigenvalue weighted by Gasteiger charge is 2.28. The quantitative estimate of drug-likeness (QED) is 0.723. The number of carbonyl (C=O) groups is 1. The van der Waals surface area contributed by atoms with Crippen molar-refractivity contribution in [2.75, 3.05) is 11.4 Å². The van der Waals surface area contributed by atoms with Crippen molar-refractivity contribution < 1.29 is 9.53 Å². The molecular formula is C12H12N2O2. The minimum atomic E-state index is -0.604. The van der Waals surface area contributed by atoms with Crippen LogP contribution in [0.2, 0.25) is 0 Å². The Kier molecular flexibility index (Phi) is 2.78. The first-order valence-electron chi connectivity index (χ1n) is 5.16. The third kappa shape index (κ3) is 1.84. The molecule has 0 bridgehead atoms. The van der Waals surface area contributed by atoms with Gasteiger partial charge in [-0.3, -0.25) is 4.90 Å². The molecule has 4 nitrogen and oxygen atoms in total. The lowest BCUT2D eigenvalue weighted by molar-refractivity contribution is 0.111. The van der Waals surface area contributed by atoms with Crippen LogP contribution in [-0.2, 0) is 4.74 Å². The van der Waals surface area contributed by atoms with Crippen molar-refractivity contribution in [3.05, 3.63) is 29.8 Å². The van der Waals surface area contributed by atoms with Crippen molar-refractivity contribution in [1.82, 2.24) is 0 Å². The number of benzene rings is 1. The van der Waals surface area contributed by atoms with E-state index in [1.807, 2.05) is 37.3 Å². The van der Waals surface area contributed by atoms with E-state index in [0.29, 0.717) is 13.0 Å². The predicted octanol–water partition coefficient (Wildman–Crippen LogP) is 2.23. The lowest BCUT2D eigenvalue weighted by Gasteiger charge is -2.29. The molecule has 1 fully saturated rings. The smallest absolute Gasteiger partial charge is 0.415 e. The van der Waals surface area contributed by atoms with Gasteiger partial charge in [0.25, 0.3) is 0 Å². The summed E-state index contributed by atoms with van der Waals surface area (Å²) < 4.78 is 4.98. The number of carbonyl (C=O) groups excluding carboxylic acids is 1. The van der Waals surface area contributed by atoms with Gasteiger partial charge in [0.1, 0.15) is 6.07 Å². The summed E-state index contributed by atoms with van der Waals surface area (Å²) >= 11 is 0. The molecule has 1 atom stereocenters. The van der Waals surface area contributed by atoms with Crippen molar-refractivity contribution in [3.63, 3.8) is 0 Å². The second kappa shape index (κ2) is 4.23. The summed E-state index contributed by atoms with van der Waals surface area (Å²) in [5.74, 6) is 0. The normalized spacial score (nSPS) is 20.1. The predicted molar refractivity (Wildman–Crippen MR) is 59.0 cm³/mol. The molecule has 1 amide bonds. The van der Waals surface area contributed by atoms with E-state index in [1.54, 1.807) is 4.90 Å². The Hall–Kier alpha value is -2.02. The van der Waals surface area contributed by atoms with Crippen LogP contribution in [0.25, 0.3) is 0 Å². The van der Waals surface area contributed by atoms with Gasteiger partial charge in [-0.1, -0.05) is 18.2 Å². The molecule has 0 spiro atoms. The molecule has 1 saturated heterocycles. The maximum atomic E-state index is 11.7. The van der Waals surface area contributed by atoms with Crippen LogP contribution < -0.4 is 4.90 Å². The van der Waals surface area contributed by atoms with Gasteiger partial charge in [0.15, 0.2) is 6.10 Å². The van der Waals surface area contributed by atoms with Gasteiger partial charge in [0.2, 0.25) is 0 Å². The summed E-state index contributed by atoms with van der Waals surface area (Å²) in [7, 11) is 0. The first-order valence-corrected chi connectivity index (χ1v) is 5.16. The lowest BCUT2D eigenvalue weighted by atomic mass is 10.1. The van der Waals surface area contributed by atoms with Gasteiger partial charge < -0.3 is 4.74 Å². The highest BCUT2D eigenvalue weighted by molar-refractivity contribution is 5.89. The first kappa shape index (κ1) is 10.5. The average molecular weight is 216 g/mol. The van der Waals surface area contributed by atoms with E-state index < -0.39 is 12.2 Å². The molecule has 1 aliphatic heterocycles. The van der Waals surface area contributed by atoms with E-state index in [0.717, 1.165) is 11.3 Å². The zero-order valence-electron chi connectivity index (χ0n) is 9.01. The summed E-state index contributed by atoms with van der Waals surface area (Å²) in [5, 5.41) is 8.67. The molecule has 1 heterocycles. The largest absolute Gasteiger partial charge is 0.430 e. The highest BCUT2D eigenvalue weighted by Crippen LogP contribution is 2.23. The van der Waals surface area contributed by atoms with E-state index >= 15 is 0 Å². The van der Waals surface area contributed by atoms with E-state index in [9.17, 15) is 4.79 Å². The fourth-order valence-electron chi connectivity index (χ4n) is 1.76. The maximum Gasteiger partial charge on any atom is 0.415 e. The molecular weight excluding hydrogens is 204 g/mol. The van der Waals surface area contributed by atoms with Gasteiger partial charge in [-0.15, -0.1) is 0 Å². The molecule has 1 aromatic carbocycles. The second-order valence-electron chi connectivity index (χ2n) is 3.73. The van der Waals surface area contributed by atoms with E-state index in [2.05, 4.69) is 0 Å². The number of amides is 1. The minimum absolute atomic E-state index is 0.438. The molecule has 2 rings (SSSR count). The third-order valence-corrected chi connectivity index (χ3v) is 2.63. The van der Waals surface area contributed by atoms with E-state index in [1.165, 1.54) is 0 Å². The fraction of sp³-hybridized carbons (Fsp3) is 0.333. The van der Waals surface area contributed by atoms with Gasteiger partial charge in [-0.2, -0.15) is 5.26 Å². The van der Waals surface area contributed by atoms with Gasteiger partial charge in [0.05, 0.1) is 0 Å². The molecule has 0 radical (unpaired) electrons. The number of ether oxygens (including phenoxy) is 1. The van der Waals surface area contributed by atoms with Gasteiger partial charge in [-0.05, 0) is 18.6 Å². The molecule has 0 saturated carbocycles. The van der Waals surface area contributed by atoms with Crippen molar-refractivity contribution in [2.24, 2.45) is 0 Å². The summed E-state index contributed by atoms with van der Waals surface area (Å²) in [6.07, 6.45) is -0.490. The number of anilines is 1. The molecule has 82 valence electrons. The number of aryl methyl sites for hydroxylation is 1. The Morgan fingerprint density at radius 1 is 1.50 bits per heavy atom. The molecule has 4 heteroatoms. The minimum Gasteiger partial charge on any atom is -0.430 e. The maximum absolute atomic E-state index is 11.7. The van der Waals surface area contributed by atoms with Crippen molar-refractivity contribution in [1.29, 1.82) is 5.26 Å². The number of nitriles is 1. The van der Waals surface area contributed by atoms with Crippen LogP contribution in [0.15, 0.2) is 24.3 Å². The lowest BCUT2D eigenvalue weighted by Crippen LogP contribution is -2.41. The monoisotopic (exact) mass is 216 g/mol. The Balaban J connectivity index is 2.22. The van der Waals surface area contributed by atoms with Crippen LogP contribution in [0.4, 0.5) is 10.5 Å². The Morgan fingerprint density at radius 2 is 2.25 bits per heavy atom. The van der Waals surface area contributed by atoms with Crippen LogP contribution in [-0.4, -0.2) is 18.7 Å². The number of hydrogen-bond acceptors (Lipinski definition) is 3.